The second kappa shape index (κ2) is 4.91. The Morgan fingerprint density at radius 1 is 1.35 bits per heavy atom. The molecule has 0 fully saturated rings. The fourth-order valence-electron chi connectivity index (χ4n) is 1.66. The van der Waals surface area contributed by atoms with Gasteiger partial charge in [0.2, 0.25) is 0 Å². The van der Waals surface area contributed by atoms with E-state index in [0.29, 0.717) is 0 Å². The molecule has 0 aliphatic heterocycles. The van der Waals surface area contributed by atoms with E-state index in [1.807, 2.05) is 0 Å². The normalized spacial score (nSPS) is 13.6. The summed E-state index contributed by atoms with van der Waals surface area (Å²) in [5.41, 5.74) is 5.83. The van der Waals surface area contributed by atoms with Gasteiger partial charge in [0, 0.05) is 24.3 Å². The van der Waals surface area contributed by atoms with E-state index in [1.54, 1.807) is 0 Å². The first kappa shape index (κ1) is 13.8. The Morgan fingerprint density at radius 3 is 2.41 bits per heavy atom. The average Bonchev–Trinajstić information content (AvgIpc) is 2.13. The molecule has 1 atom stereocenters. The molecule has 0 amide bonds. The van der Waals surface area contributed by atoms with Gasteiger partial charge in [0.15, 0.2) is 0 Å². The van der Waals surface area contributed by atoms with E-state index in [-0.39, 0.29) is 11.3 Å². The van der Waals surface area contributed by atoms with Crippen LogP contribution in [0.4, 0.5) is 23.2 Å². The average molecular weight is 250 g/mol. The largest absolute Gasteiger partial charge is 0.405 e. The van der Waals surface area contributed by atoms with Crippen LogP contribution in [0.15, 0.2) is 18.2 Å². The summed E-state index contributed by atoms with van der Waals surface area (Å²) in [4.78, 5) is 0.946. The van der Waals surface area contributed by atoms with Gasteiger partial charge in [-0.25, -0.2) is 4.39 Å². The van der Waals surface area contributed by atoms with E-state index in [2.05, 4.69) is 0 Å². The second-order valence-corrected chi connectivity index (χ2v) is 3.93. The molecule has 2 nitrogen and oxygen atoms in total. The highest BCUT2D eigenvalue weighted by Crippen LogP contribution is 2.29. The molecule has 96 valence electrons. The third kappa shape index (κ3) is 3.59. The summed E-state index contributed by atoms with van der Waals surface area (Å²) in [7, 11) is 1.26. The van der Waals surface area contributed by atoms with Crippen LogP contribution in [0.5, 0.6) is 0 Å². The van der Waals surface area contributed by atoms with Gasteiger partial charge in [0.25, 0.3) is 0 Å². The van der Waals surface area contributed by atoms with Gasteiger partial charge < -0.3 is 10.6 Å². The fourth-order valence-corrected chi connectivity index (χ4v) is 1.66. The van der Waals surface area contributed by atoms with Crippen molar-refractivity contribution in [3.05, 3.63) is 29.6 Å². The second-order valence-electron chi connectivity index (χ2n) is 3.93. The lowest BCUT2D eigenvalue weighted by Crippen LogP contribution is -2.32. The van der Waals surface area contributed by atoms with Crippen molar-refractivity contribution in [1.82, 2.24) is 0 Å². The van der Waals surface area contributed by atoms with Crippen LogP contribution >= 0.6 is 0 Å². The summed E-state index contributed by atoms with van der Waals surface area (Å²) < 4.78 is 50.3. The molecule has 0 spiro atoms. The number of halogens is 4. The Bertz CT molecular complexity index is 388. The first-order valence-corrected chi connectivity index (χ1v) is 5.04. The maximum atomic E-state index is 13.5. The van der Waals surface area contributed by atoms with E-state index in [4.69, 9.17) is 5.73 Å². The number of rotatable bonds is 3. The van der Waals surface area contributed by atoms with E-state index in [1.165, 1.54) is 32.2 Å². The number of nitrogens with zero attached hydrogens (tertiary/aromatic N) is 1. The quantitative estimate of drug-likeness (QED) is 0.836. The van der Waals surface area contributed by atoms with Gasteiger partial charge in [-0.2, -0.15) is 13.2 Å². The minimum absolute atomic E-state index is 0.0965. The van der Waals surface area contributed by atoms with Crippen LogP contribution in [-0.4, -0.2) is 19.8 Å². The smallest absolute Gasteiger partial charge is 0.365 e. The first-order valence-electron chi connectivity index (χ1n) is 5.04. The molecule has 0 aliphatic rings. The molecule has 2 N–H and O–H groups in total. The standard InChI is InChI=1S/C11H14F4N2/c1-7(16)10-8(12)4-3-5-9(10)17(2)6-11(13,14)15/h3-5,7H,6,16H2,1-2H3. The van der Waals surface area contributed by atoms with E-state index in [9.17, 15) is 17.6 Å². The van der Waals surface area contributed by atoms with Crippen molar-refractivity contribution in [2.75, 3.05) is 18.5 Å². The van der Waals surface area contributed by atoms with Crippen molar-refractivity contribution in [3.8, 4) is 0 Å². The van der Waals surface area contributed by atoms with Crippen LogP contribution in [0.1, 0.15) is 18.5 Å². The molecule has 1 aromatic rings. The minimum Gasteiger partial charge on any atom is -0.365 e. The van der Waals surface area contributed by atoms with Gasteiger partial charge >= 0.3 is 6.18 Å². The molecule has 0 aliphatic carbocycles. The summed E-state index contributed by atoms with van der Waals surface area (Å²) in [6, 6.07) is 3.31. The van der Waals surface area contributed by atoms with Crippen LogP contribution in [0, 0.1) is 5.82 Å². The predicted octanol–water partition coefficient (Wildman–Crippen LogP) is 2.84. The Labute approximate surface area is 97.0 Å². The molecule has 0 bridgehead atoms. The van der Waals surface area contributed by atoms with Crippen molar-refractivity contribution >= 4 is 5.69 Å². The van der Waals surface area contributed by atoms with Gasteiger partial charge in [-0.3, -0.25) is 0 Å². The number of anilines is 1. The van der Waals surface area contributed by atoms with E-state index < -0.39 is 24.6 Å². The van der Waals surface area contributed by atoms with Crippen LogP contribution in [0.3, 0.4) is 0 Å². The Hall–Kier alpha value is -1.30. The summed E-state index contributed by atoms with van der Waals surface area (Å²) >= 11 is 0. The van der Waals surface area contributed by atoms with Crippen molar-refractivity contribution in [1.29, 1.82) is 0 Å². The van der Waals surface area contributed by atoms with Crippen molar-refractivity contribution in [3.63, 3.8) is 0 Å². The molecule has 0 radical (unpaired) electrons. The van der Waals surface area contributed by atoms with E-state index >= 15 is 0 Å². The van der Waals surface area contributed by atoms with Gasteiger partial charge in [-0.05, 0) is 19.1 Å². The first-order chi connectivity index (χ1) is 7.72. The lowest BCUT2D eigenvalue weighted by molar-refractivity contribution is -0.119. The Balaban J connectivity index is 3.09. The highest BCUT2D eigenvalue weighted by atomic mass is 19.4. The summed E-state index contributed by atoms with van der Waals surface area (Å²) in [5.74, 6) is -0.591. The van der Waals surface area contributed by atoms with Gasteiger partial charge in [-0.15, -0.1) is 0 Å². The van der Waals surface area contributed by atoms with Crippen molar-refractivity contribution in [2.45, 2.75) is 19.1 Å². The lowest BCUT2D eigenvalue weighted by atomic mass is 10.1. The Morgan fingerprint density at radius 2 is 1.94 bits per heavy atom. The molecule has 1 unspecified atom stereocenters. The van der Waals surface area contributed by atoms with E-state index in [0.717, 1.165) is 4.90 Å². The molecule has 0 heterocycles. The number of nitrogens with two attached hydrogens (primary N) is 1. The Kier molecular flexibility index (Phi) is 3.98. The lowest BCUT2D eigenvalue weighted by Gasteiger charge is -2.25. The SMILES string of the molecule is CC(N)c1c(F)cccc1N(C)CC(F)(F)F. The van der Waals surface area contributed by atoms with Crippen LogP contribution in [0.2, 0.25) is 0 Å². The van der Waals surface area contributed by atoms with Gasteiger partial charge in [0.1, 0.15) is 12.4 Å². The van der Waals surface area contributed by atoms with Crippen LogP contribution in [0.25, 0.3) is 0 Å². The zero-order chi connectivity index (χ0) is 13.2. The topological polar surface area (TPSA) is 29.3 Å². The van der Waals surface area contributed by atoms with Gasteiger partial charge in [-0.1, -0.05) is 6.07 Å². The molecule has 17 heavy (non-hydrogen) atoms. The maximum absolute atomic E-state index is 13.5. The molecule has 0 saturated carbocycles. The minimum atomic E-state index is -4.34. The van der Waals surface area contributed by atoms with Crippen molar-refractivity contribution < 1.29 is 17.6 Å². The molecular formula is C11H14F4N2. The zero-order valence-electron chi connectivity index (χ0n) is 9.55. The van der Waals surface area contributed by atoms with Crippen molar-refractivity contribution in [2.24, 2.45) is 5.73 Å². The number of alkyl halides is 3. The summed E-state index contributed by atoms with van der Waals surface area (Å²) in [6.07, 6.45) is -4.34. The number of benzene rings is 1. The molecule has 0 saturated heterocycles. The summed E-state index contributed by atoms with van der Waals surface area (Å²) in [6.45, 7) is 0.388. The molecule has 1 rings (SSSR count). The highest BCUT2D eigenvalue weighted by molar-refractivity contribution is 5.55. The predicted molar refractivity (Wildman–Crippen MR) is 58.3 cm³/mol. The monoisotopic (exact) mass is 250 g/mol. The third-order valence-corrected chi connectivity index (χ3v) is 2.31. The zero-order valence-corrected chi connectivity index (χ0v) is 9.55. The number of hydrogen-bond acceptors (Lipinski definition) is 2. The molecule has 0 aromatic heterocycles. The molecule has 1 aromatic carbocycles. The summed E-state index contributed by atoms with van der Waals surface area (Å²) in [5, 5.41) is 0. The van der Waals surface area contributed by atoms with Gasteiger partial charge in [0.05, 0.1) is 0 Å². The van der Waals surface area contributed by atoms with Crippen LogP contribution in [-0.2, 0) is 0 Å². The van der Waals surface area contributed by atoms with Crippen LogP contribution < -0.4 is 10.6 Å². The molecule has 6 heteroatoms. The number of hydrogen-bond donors (Lipinski definition) is 1. The maximum Gasteiger partial charge on any atom is 0.405 e. The highest BCUT2D eigenvalue weighted by Gasteiger charge is 2.30. The third-order valence-electron chi connectivity index (χ3n) is 2.31. The molecular weight excluding hydrogens is 236 g/mol. The fraction of sp³-hybridized carbons (Fsp3) is 0.455.